The van der Waals surface area contributed by atoms with Crippen LogP contribution in [0.2, 0.25) is 0 Å². The summed E-state index contributed by atoms with van der Waals surface area (Å²) in [7, 11) is 0. The van der Waals surface area contributed by atoms with Crippen molar-refractivity contribution in [1.29, 1.82) is 5.26 Å². The monoisotopic (exact) mass is 330 g/mol. The van der Waals surface area contributed by atoms with Crippen LogP contribution in [0.4, 0.5) is 13.2 Å². The zero-order valence-electron chi connectivity index (χ0n) is 11.6. The van der Waals surface area contributed by atoms with Crippen LogP contribution in [0.1, 0.15) is 11.3 Å². The summed E-state index contributed by atoms with van der Waals surface area (Å²) < 4.78 is 45.2. The molecular weight excluding hydrogens is 325 g/mol. The first-order valence-corrected chi connectivity index (χ1v) is 6.54. The topological polar surface area (TPSA) is 92.9 Å². The average molecular weight is 330 g/mol. The fourth-order valence-corrected chi connectivity index (χ4v) is 2.35. The number of nitrogens with zero attached hydrogens (tertiary/aromatic N) is 6. The van der Waals surface area contributed by atoms with Crippen molar-refractivity contribution in [3.63, 3.8) is 0 Å². The molecule has 0 unspecified atom stereocenters. The lowest BCUT2D eigenvalue weighted by Gasteiger charge is -2.08. The molecule has 4 heterocycles. The Bertz CT molecular complexity index is 1110. The molecule has 0 aromatic carbocycles. The molecule has 4 rings (SSSR count). The molecule has 0 fully saturated rings. The van der Waals surface area contributed by atoms with Crippen molar-refractivity contribution in [1.82, 2.24) is 24.6 Å². The van der Waals surface area contributed by atoms with E-state index in [1.165, 1.54) is 22.7 Å². The van der Waals surface area contributed by atoms with E-state index in [4.69, 9.17) is 4.42 Å². The molecule has 118 valence electrons. The van der Waals surface area contributed by atoms with Crippen molar-refractivity contribution in [3.05, 3.63) is 42.0 Å². The third-order valence-electron chi connectivity index (χ3n) is 3.39. The standard InChI is InChI=1S/C14H5F3N6O/c15-14(16,17)10-2-1-8-7(4-18)3-11-20-9(13-22-19-6-24-13)5-23(11)12(8)21-10/h1-3,5-6H. The van der Waals surface area contributed by atoms with Gasteiger partial charge in [0.2, 0.25) is 6.39 Å². The second-order valence-electron chi connectivity index (χ2n) is 4.83. The van der Waals surface area contributed by atoms with E-state index in [0.717, 1.165) is 12.5 Å². The molecule has 0 saturated carbocycles. The first-order valence-electron chi connectivity index (χ1n) is 6.54. The van der Waals surface area contributed by atoms with E-state index in [1.54, 1.807) is 0 Å². The van der Waals surface area contributed by atoms with Gasteiger partial charge >= 0.3 is 6.18 Å². The Labute approximate surface area is 131 Å². The Balaban J connectivity index is 2.08. The molecule has 7 nitrogen and oxygen atoms in total. The van der Waals surface area contributed by atoms with Gasteiger partial charge < -0.3 is 4.42 Å². The van der Waals surface area contributed by atoms with Crippen LogP contribution in [0.5, 0.6) is 0 Å². The quantitative estimate of drug-likeness (QED) is 0.533. The van der Waals surface area contributed by atoms with Crippen molar-refractivity contribution in [3.8, 4) is 17.7 Å². The van der Waals surface area contributed by atoms with E-state index in [-0.39, 0.29) is 33.8 Å². The second kappa shape index (κ2) is 4.76. The second-order valence-corrected chi connectivity index (χ2v) is 4.83. The predicted octanol–water partition coefficient (Wildman–Crippen LogP) is 2.82. The van der Waals surface area contributed by atoms with E-state index >= 15 is 0 Å². The lowest BCUT2D eigenvalue weighted by molar-refractivity contribution is -0.141. The summed E-state index contributed by atoms with van der Waals surface area (Å²) in [5.41, 5.74) is -0.403. The van der Waals surface area contributed by atoms with Crippen LogP contribution in [0.15, 0.2) is 35.2 Å². The minimum absolute atomic E-state index is 0.0304. The van der Waals surface area contributed by atoms with Gasteiger partial charge in [0.05, 0.1) is 5.56 Å². The zero-order chi connectivity index (χ0) is 16.9. The Hall–Kier alpha value is -3.48. The summed E-state index contributed by atoms with van der Waals surface area (Å²) in [6, 6.07) is 5.45. The molecule has 0 N–H and O–H groups in total. The Kier molecular flexibility index (Phi) is 2.80. The van der Waals surface area contributed by atoms with Gasteiger partial charge in [0.1, 0.15) is 28.8 Å². The van der Waals surface area contributed by atoms with Crippen LogP contribution in [-0.4, -0.2) is 24.6 Å². The van der Waals surface area contributed by atoms with Crippen molar-refractivity contribution in [2.24, 2.45) is 0 Å². The number of nitriles is 1. The first-order chi connectivity index (χ1) is 11.5. The molecule has 4 aromatic heterocycles. The molecule has 0 spiro atoms. The van der Waals surface area contributed by atoms with Crippen molar-refractivity contribution >= 4 is 16.7 Å². The van der Waals surface area contributed by atoms with Crippen LogP contribution in [-0.2, 0) is 6.18 Å². The van der Waals surface area contributed by atoms with E-state index in [0.29, 0.717) is 0 Å². The normalized spacial score (nSPS) is 11.9. The van der Waals surface area contributed by atoms with Gasteiger partial charge in [-0.15, -0.1) is 10.2 Å². The van der Waals surface area contributed by atoms with Crippen molar-refractivity contribution in [2.75, 3.05) is 0 Å². The van der Waals surface area contributed by atoms with Gasteiger partial charge in [-0.05, 0) is 18.2 Å². The summed E-state index contributed by atoms with van der Waals surface area (Å²) >= 11 is 0. The first kappa shape index (κ1) is 14.1. The Morgan fingerprint density at radius 2 is 2.04 bits per heavy atom. The average Bonchev–Trinajstić information content (AvgIpc) is 3.21. The Morgan fingerprint density at radius 3 is 2.71 bits per heavy atom. The van der Waals surface area contributed by atoms with Crippen LogP contribution in [0.3, 0.4) is 0 Å². The van der Waals surface area contributed by atoms with Gasteiger partial charge in [-0.25, -0.2) is 9.97 Å². The molecule has 0 radical (unpaired) electrons. The number of aromatic nitrogens is 5. The smallest absolute Gasteiger partial charge is 0.422 e. The maximum absolute atomic E-state index is 12.9. The van der Waals surface area contributed by atoms with E-state index < -0.39 is 11.9 Å². The number of pyridine rings is 2. The van der Waals surface area contributed by atoms with Crippen LogP contribution >= 0.6 is 0 Å². The van der Waals surface area contributed by atoms with Gasteiger partial charge in [-0.3, -0.25) is 4.40 Å². The highest BCUT2D eigenvalue weighted by atomic mass is 19.4. The summed E-state index contributed by atoms with van der Waals surface area (Å²) in [4.78, 5) is 7.86. The molecule has 24 heavy (non-hydrogen) atoms. The highest BCUT2D eigenvalue weighted by Crippen LogP contribution is 2.30. The van der Waals surface area contributed by atoms with E-state index in [9.17, 15) is 18.4 Å². The number of hydrogen-bond acceptors (Lipinski definition) is 6. The SMILES string of the molecule is N#Cc1cc2nc(-c3nnco3)cn2c2nc(C(F)(F)F)ccc12. The molecule has 0 amide bonds. The minimum Gasteiger partial charge on any atom is -0.422 e. The third kappa shape index (κ3) is 2.06. The maximum Gasteiger partial charge on any atom is 0.433 e. The Morgan fingerprint density at radius 1 is 1.21 bits per heavy atom. The lowest BCUT2D eigenvalue weighted by atomic mass is 10.1. The summed E-state index contributed by atoms with van der Waals surface area (Å²) in [5, 5.41) is 16.8. The largest absolute Gasteiger partial charge is 0.433 e. The zero-order valence-corrected chi connectivity index (χ0v) is 11.6. The number of imidazole rings is 1. The predicted molar refractivity (Wildman–Crippen MR) is 73.5 cm³/mol. The van der Waals surface area contributed by atoms with E-state index in [1.807, 2.05) is 6.07 Å². The number of halogens is 3. The number of fused-ring (bicyclic) bond motifs is 3. The molecule has 0 aliphatic rings. The highest BCUT2D eigenvalue weighted by molar-refractivity contribution is 5.86. The summed E-state index contributed by atoms with van der Waals surface area (Å²) in [6.07, 6.45) is -2.06. The van der Waals surface area contributed by atoms with Gasteiger partial charge in [0.25, 0.3) is 5.89 Å². The molecule has 4 aromatic rings. The van der Waals surface area contributed by atoms with Crippen LogP contribution in [0, 0.1) is 11.3 Å². The van der Waals surface area contributed by atoms with Crippen LogP contribution in [0.25, 0.3) is 28.3 Å². The number of alkyl halides is 3. The fourth-order valence-electron chi connectivity index (χ4n) is 2.35. The van der Waals surface area contributed by atoms with Crippen molar-refractivity contribution in [2.45, 2.75) is 6.18 Å². The van der Waals surface area contributed by atoms with Gasteiger partial charge in [0.15, 0.2) is 0 Å². The molecule has 0 atom stereocenters. The molecular formula is C14H5F3N6O. The van der Waals surface area contributed by atoms with E-state index in [2.05, 4.69) is 20.2 Å². The van der Waals surface area contributed by atoms with Gasteiger partial charge in [-0.1, -0.05) is 0 Å². The molecule has 0 saturated heterocycles. The third-order valence-corrected chi connectivity index (χ3v) is 3.39. The molecule has 0 aliphatic heterocycles. The van der Waals surface area contributed by atoms with Crippen LogP contribution < -0.4 is 0 Å². The lowest BCUT2D eigenvalue weighted by Crippen LogP contribution is -2.09. The number of hydrogen-bond donors (Lipinski definition) is 0. The maximum atomic E-state index is 12.9. The van der Waals surface area contributed by atoms with Gasteiger partial charge in [-0.2, -0.15) is 18.4 Å². The molecule has 0 aliphatic carbocycles. The molecule has 0 bridgehead atoms. The fraction of sp³-hybridized carbons (Fsp3) is 0.0714. The van der Waals surface area contributed by atoms with Gasteiger partial charge in [0, 0.05) is 11.6 Å². The highest BCUT2D eigenvalue weighted by Gasteiger charge is 2.33. The molecule has 10 heteroatoms. The minimum atomic E-state index is -4.60. The summed E-state index contributed by atoms with van der Waals surface area (Å²) in [5.74, 6) is 0.109. The summed E-state index contributed by atoms with van der Waals surface area (Å²) in [6.45, 7) is 0. The number of rotatable bonds is 1. The van der Waals surface area contributed by atoms with Crippen molar-refractivity contribution < 1.29 is 17.6 Å².